The number of hydrogen-bond acceptors (Lipinski definition) is 5. The van der Waals surface area contributed by atoms with Gasteiger partial charge in [-0.05, 0) is 38.5 Å². The van der Waals surface area contributed by atoms with Gasteiger partial charge in [0.25, 0.3) is 0 Å². The molecule has 0 saturated heterocycles. The van der Waals surface area contributed by atoms with E-state index in [0.29, 0.717) is 12.8 Å². The van der Waals surface area contributed by atoms with Crippen LogP contribution in [0.5, 0.6) is 0 Å². The first-order valence-corrected chi connectivity index (χ1v) is 23.7. The van der Waals surface area contributed by atoms with E-state index in [9.17, 15) is 14.7 Å². The molecule has 0 fully saturated rings. The van der Waals surface area contributed by atoms with Gasteiger partial charge in [0.1, 0.15) is 6.61 Å². The third-order valence-electron chi connectivity index (χ3n) is 10.8. The molecular formula is C48H92O5. The Morgan fingerprint density at radius 3 is 1.02 bits per heavy atom. The van der Waals surface area contributed by atoms with Crippen molar-refractivity contribution in [2.75, 3.05) is 13.2 Å². The largest absolute Gasteiger partial charge is 0.462 e. The molecular weight excluding hydrogens is 657 g/mol. The fourth-order valence-corrected chi connectivity index (χ4v) is 7.20. The maximum atomic E-state index is 12.2. The van der Waals surface area contributed by atoms with Gasteiger partial charge in [-0.25, -0.2) is 0 Å². The summed E-state index contributed by atoms with van der Waals surface area (Å²) in [6.45, 7) is 4.17. The topological polar surface area (TPSA) is 72.8 Å². The highest BCUT2D eigenvalue weighted by Crippen LogP contribution is 2.16. The van der Waals surface area contributed by atoms with Crippen LogP contribution in [0.3, 0.4) is 0 Å². The average molecular weight is 749 g/mol. The predicted molar refractivity (Wildman–Crippen MR) is 228 cm³/mol. The second kappa shape index (κ2) is 45.0. The van der Waals surface area contributed by atoms with Crippen LogP contribution in [0.2, 0.25) is 0 Å². The molecule has 1 N–H and O–H groups in total. The molecule has 0 spiro atoms. The van der Waals surface area contributed by atoms with Crippen LogP contribution in [0.25, 0.3) is 0 Å². The summed E-state index contributed by atoms with van der Waals surface area (Å²) in [4.78, 5) is 24.4. The fraction of sp³-hybridized carbons (Fsp3) is 0.917. The first kappa shape index (κ1) is 51.6. The van der Waals surface area contributed by atoms with Gasteiger partial charge in [-0.15, -0.1) is 0 Å². The van der Waals surface area contributed by atoms with Crippen LogP contribution in [-0.2, 0) is 19.1 Å². The molecule has 0 bridgehead atoms. The average Bonchev–Trinajstić information content (AvgIpc) is 3.16. The van der Waals surface area contributed by atoms with E-state index in [1.54, 1.807) is 0 Å². The van der Waals surface area contributed by atoms with E-state index in [2.05, 4.69) is 26.0 Å². The Kier molecular flexibility index (Phi) is 43.9. The maximum absolute atomic E-state index is 12.2. The third-order valence-corrected chi connectivity index (χ3v) is 10.8. The van der Waals surface area contributed by atoms with E-state index in [4.69, 9.17) is 9.47 Å². The van der Waals surface area contributed by atoms with Crippen LogP contribution in [0.4, 0.5) is 0 Å². The molecule has 0 heterocycles. The van der Waals surface area contributed by atoms with E-state index in [0.717, 1.165) is 38.5 Å². The summed E-state index contributed by atoms with van der Waals surface area (Å²) >= 11 is 0. The molecule has 0 rings (SSSR count). The molecule has 0 aromatic carbocycles. The number of ether oxygens (including phenoxy) is 2. The molecule has 0 aliphatic rings. The van der Waals surface area contributed by atoms with Gasteiger partial charge < -0.3 is 14.6 Å². The van der Waals surface area contributed by atoms with Gasteiger partial charge in [-0.2, -0.15) is 0 Å². The van der Waals surface area contributed by atoms with E-state index in [-0.39, 0.29) is 25.2 Å². The minimum atomic E-state index is -0.767. The van der Waals surface area contributed by atoms with Crippen LogP contribution in [0.15, 0.2) is 12.2 Å². The molecule has 0 amide bonds. The summed E-state index contributed by atoms with van der Waals surface area (Å²) in [6, 6.07) is 0. The van der Waals surface area contributed by atoms with Crippen molar-refractivity contribution >= 4 is 11.9 Å². The first-order chi connectivity index (χ1) is 26.1. The number of hydrogen-bond donors (Lipinski definition) is 1. The number of aliphatic hydroxyl groups excluding tert-OH is 1. The molecule has 0 aliphatic carbocycles. The summed E-state index contributed by atoms with van der Waals surface area (Å²) in [6.07, 6.45) is 52.9. The van der Waals surface area contributed by atoms with Crippen molar-refractivity contribution in [1.29, 1.82) is 0 Å². The Balaban J connectivity index is 3.46. The van der Waals surface area contributed by atoms with E-state index in [1.165, 1.54) is 199 Å². The molecule has 1 atom stereocenters. The van der Waals surface area contributed by atoms with Crippen molar-refractivity contribution < 1.29 is 24.2 Å². The second-order valence-corrected chi connectivity index (χ2v) is 16.2. The predicted octanol–water partition coefficient (Wildman–Crippen LogP) is 15.2. The summed E-state index contributed by atoms with van der Waals surface area (Å²) in [5, 5.41) is 9.60. The van der Waals surface area contributed by atoms with Crippen LogP contribution in [0, 0.1) is 0 Å². The Morgan fingerprint density at radius 1 is 0.415 bits per heavy atom. The summed E-state index contributed by atoms with van der Waals surface area (Å²) in [5.74, 6) is -0.579. The van der Waals surface area contributed by atoms with Gasteiger partial charge in [0.2, 0.25) is 0 Å². The quantitative estimate of drug-likeness (QED) is 0.0381. The van der Waals surface area contributed by atoms with Gasteiger partial charge in [0.05, 0.1) is 6.61 Å². The number of unbranched alkanes of at least 4 members (excludes halogenated alkanes) is 34. The minimum Gasteiger partial charge on any atom is -0.462 e. The van der Waals surface area contributed by atoms with Gasteiger partial charge in [-0.1, -0.05) is 225 Å². The smallest absolute Gasteiger partial charge is 0.306 e. The van der Waals surface area contributed by atoms with Crippen molar-refractivity contribution in [2.45, 2.75) is 270 Å². The lowest BCUT2D eigenvalue weighted by atomic mass is 10.0. The normalized spacial score (nSPS) is 12.1. The zero-order chi connectivity index (χ0) is 38.6. The van der Waals surface area contributed by atoms with Gasteiger partial charge in [-0.3, -0.25) is 9.59 Å². The second-order valence-electron chi connectivity index (χ2n) is 16.2. The fourth-order valence-electron chi connectivity index (χ4n) is 7.20. The molecule has 0 saturated carbocycles. The van der Waals surface area contributed by atoms with E-state index < -0.39 is 6.10 Å². The van der Waals surface area contributed by atoms with Gasteiger partial charge in [0.15, 0.2) is 6.10 Å². The monoisotopic (exact) mass is 749 g/mol. The maximum Gasteiger partial charge on any atom is 0.306 e. The lowest BCUT2D eigenvalue weighted by molar-refractivity contribution is -0.161. The number of aliphatic hydroxyl groups is 1. The van der Waals surface area contributed by atoms with Crippen LogP contribution in [0.1, 0.15) is 264 Å². The van der Waals surface area contributed by atoms with Crippen LogP contribution >= 0.6 is 0 Å². The van der Waals surface area contributed by atoms with Gasteiger partial charge in [0, 0.05) is 12.8 Å². The lowest BCUT2D eigenvalue weighted by Gasteiger charge is -2.15. The molecule has 0 aliphatic heterocycles. The van der Waals surface area contributed by atoms with Gasteiger partial charge >= 0.3 is 11.9 Å². The number of allylic oxidation sites excluding steroid dienone is 2. The Morgan fingerprint density at radius 2 is 0.698 bits per heavy atom. The first-order valence-electron chi connectivity index (χ1n) is 23.7. The zero-order valence-electron chi connectivity index (χ0n) is 35.8. The molecule has 0 aromatic rings. The number of esters is 2. The zero-order valence-corrected chi connectivity index (χ0v) is 35.8. The SMILES string of the molecule is CCCCCCCC/C=C/CCCCCCCCCC(=O)OC[C@H](CO)OC(=O)CCCCCCCCCCCCCCCCCCCCCCCC. The molecule has 314 valence electrons. The van der Waals surface area contributed by atoms with Crippen LogP contribution < -0.4 is 0 Å². The summed E-state index contributed by atoms with van der Waals surface area (Å²) < 4.78 is 10.7. The third kappa shape index (κ3) is 43.2. The number of carbonyl (C=O) groups excluding carboxylic acids is 2. The highest BCUT2D eigenvalue weighted by Gasteiger charge is 2.16. The van der Waals surface area contributed by atoms with Crippen molar-refractivity contribution in [3.05, 3.63) is 12.2 Å². The van der Waals surface area contributed by atoms with Crippen molar-refractivity contribution in [2.24, 2.45) is 0 Å². The highest BCUT2D eigenvalue weighted by atomic mass is 16.6. The molecule has 0 unspecified atom stereocenters. The van der Waals surface area contributed by atoms with Crippen molar-refractivity contribution in [1.82, 2.24) is 0 Å². The molecule has 53 heavy (non-hydrogen) atoms. The molecule has 5 heteroatoms. The Hall–Kier alpha value is -1.36. The highest BCUT2D eigenvalue weighted by molar-refractivity contribution is 5.70. The molecule has 0 aromatic heterocycles. The Bertz CT molecular complexity index is 765. The van der Waals surface area contributed by atoms with Crippen molar-refractivity contribution in [3.8, 4) is 0 Å². The standard InChI is InChI=1S/C48H92O5/c1-3-5-7-9-11-13-15-17-19-21-22-23-24-25-27-29-31-33-35-37-39-41-43-48(51)53-46(44-49)45-52-47(50)42-40-38-36-34-32-30-28-26-20-18-16-14-12-10-8-6-4-2/h18,20,46,49H,3-17,19,21-45H2,1-2H3/b20-18+/t46-/m0/s1. The lowest BCUT2D eigenvalue weighted by Crippen LogP contribution is -2.28. The van der Waals surface area contributed by atoms with E-state index >= 15 is 0 Å². The number of carbonyl (C=O) groups is 2. The molecule has 0 radical (unpaired) electrons. The van der Waals surface area contributed by atoms with Crippen molar-refractivity contribution in [3.63, 3.8) is 0 Å². The van der Waals surface area contributed by atoms with E-state index in [1.807, 2.05) is 0 Å². The number of rotatable bonds is 44. The Labute approximate surface area is 331 Å². The molecule has 5 nitrogen and oxygen atoms in total. The minimum absolute atomic E-state index is 0.0617. The summed E-state index contributed by atoms with van der Waals surface area (Å²) in [5.41, 5.74) is 0. The van der Waals surface area contributed by atoms with Crippen LogP contribution in [-0.4, -0.2) is 36.4 Å². The summed E-state index contributed by atoms with van der Waals surface area (Å²) in [7, 11) is 0.